The lowest BCUT2D eigenvalue weighted by molar-refractivity contribution is -0.145. The third kappa shape index (κ3) is 5.57. The predicted molar refractivity (Wildman–Crippen MR) is 70.5 cm³/mol. The van der Waals surface area contributed by atoms with Gasteiger partial charge in [-0.05, 0) is 31.7 Å². The average Bonchev–Trinajstić information content (AvgIpc) is 2.37. The number of hydrogen-bond donors (Lipinski definition) is 2. The Hall–Kier alpha value is -1.14. The van der Waals surface area contributed by atoms with Crippen LogP contribution in [0, 0.1) is 5.92 Å². The molecule has 2 unspecified atom stereocenters. The number of amides is 1. The molecule has 1 aliphatic rings. The van der Waals surface area contributed by atoms with Gasteiger partial charge in [0.05, 0.1) is 7.11 Å². The number of methoxy groups -OCH3 is 1. The Bertz CT molecular complexity index is 307. The maximum absolute atomic E-state index is 11.6. The molecule has 19 heavy (non-hydrogen) atoms. The van der Waals surface area contributed by atoms with E-state index in [1.165, 1.54) is 14.0 Å². The number of nitrogens with zero attached hydrogens (tertiary/aromatic N) is 1. The van der Waals surface area contributed by atoms with Crippen molar-refractivity contribution in [3.63, 3.8) is 0 Å². The second-order valence-corrected chi connectivity index (χ2v) is 5.06. The lowest BCUT2D eigenvalue weighted by Gasteiger charge is -2.34. The number of likely N-dealkylation sites (tertiary alicyclic amines) is 1. The summed E-state index contributed by atoms with van der Waals surface area (Å²) in [6, 6.07) is -0.615. The number of rotatable bonds is 6. The maximum Gasteiger partial charge on any atom is 0.329 e. The molecule has 0 spiro atoms. The van der Waals surface area contributed by atoms with Crippen LogP contribution in [-0.2, 0) is 14.3 Å². The largest absolute Gasteiger partial charge is 0.467 e. The van der Waals surface area contributed by atoms with Gasteiger partial charge in [-0.3, -0.25) is 4.79 Å². The van der Waals surface area contributed by atoms with Crippen molar-refractivity contribution in [3.05, 3.63) is 0 Å². The number of carbonyl (C=O) groups is 2. The van der Waals surface area contributed by atoms with Gasteiger partial charge < -0.3 is 20.1 Å². The van der Waals surface area contributed by atoms with Crippen molar-refractivity contribution >= 4 is 11.9 Å². The van der Waals surface area contributed by atoms with E-state index in [4.69, 9.17) is 9.84 Å². The zero-order valence-electron chi connectivity index (χ0n) is 11.7. The third-order valence-electron chi connectivity index (χ3n) is 3.44. The molecule has 1 amide bonds. The summed E-state index contributed by atoms with van der Waals surface area (Å²) in [6.07, 6.45) is 2.96. The van der Waals surface area contributed by atoms with E-state index in [1.54, 1.807) is 0 Å². The first-order chi connectivity index (χ1) is 9.06. The lowest BCUT2D eigenvalue weighted by atomic mass is 9.95. The van der Waals surface area contributed by atoms with Gasteiger partial charge in [0.25, 0.3) is 0 Å². The first-order valence-corrected chi connectivity index (χ1v) is 6.75. The van der Waals surface area contributed by atoms with E-state index in [0.717, 1.165) is 32.4 Å². The summed E-state index contributed by atoms with van der Waals surface area (Å²) in [7, 11) is 1.32. The molecule has 2 atom stereocenters. The summed E-state index contributed by atoms with van der Waals surface area (Å²) in [5.74, 6) is -0.187. The molecule has 0 radical (unpaired) electrons. The Morgan fingerprint density at radius 2 is 2.26 bits per heavy atom. The van der Waals surface area contributed by atoms with Gasteiger partial charge in [-0.1, -0.05) is 0 Å². The highest BCUT2D eigenvalue weighted by molar-refractivity contribution is 5.83. The molecule has 0 bridgehead atoms. The van der Waals surface area contributed by atoms with E-state index in [1.807, 2.05) is 0 Å². The smallest absolute Gasteiger partial charge is 0.329 e. The second-order valence-electron chi connectivity index (χ2n) is 5.06. The molecule has 1 rings (SSSR count). The fourth-order valence-electron chi connectivity index (χ4n) is 2.56. The summed E-state index contributed by atoms with van der Waals surface area (Å²) in [5.41, 5.74) is 0. The van der Waals surface area contributed by atoms with Gasteiger partial charge in [0.15, 0.2) is 0 Å². The normalized spacial score (nSPS) is 21.7. The average molecular weight is 272 g/mol. The predicted octanol–water partition coefficient (Wildman–Crippen LogP) is -0.241. The highest BCUT2D eigenvalue weighted by atomic mass is 16.5. The Labute approximate surface area is 114 Å². The minimum atomic E-state index is -0.615. The molecule has 0 aromatic rings. The Morgan fingerprint density at radius 3 is 2.84 bits per heavy atom. The molecule has 110 valence electrons. The van der Waals surface area contributed by atoms with E-state index in [2.05, 4.69) is 10.2 Å². The summed E-state index contributed by atoms with van der Waals surface area (Å²) in [6.45, 7) is 3.82. The van der Waals surface area contributed by atoms with Gasteiger partial charge in [0.2, 0.25) is 5.91 Å². The highest BCUT2D eigenvalue weighted by Crippen LogP contribution is 2.19. The number of carbonyl (C=O) groups excluding carboxylic acids is 2. The SMILES string of the molecule is COC(=O)C(CN1CCCC(CCO)C1)NC(C)=O. The molecule has 1 heterocycles. The fourth-order valence-corrected chi connectivity index (χ4v) is 2.56. The Morgan fingerprint density at radius 1 is 1.53 bits per heavy atom. The molecule has 0 saturated carbocycles. The van der Waals surface area contributed by atoms with Crippen LogP contribution in [0.5, 0.6) is 0 Å². The highest BCUT2D eigenvalue weighted by Gasteiger charge is 2.26. The number of esters is 1. The van der Waals surface area contributed by atoms with E-state index in [9.17, 15) is 9.59 Å². The number of piperidine rings is 1. The number of ether oxygens (including phenoxy) is 1. The second kappa shape index (κ2) is 8.12. The van der Waals surface area contributed by atoms with Gasteiger partial charge >= 0.3 is 5.97 Å². The van der Waals surface area contributed by atoms with Crippen molar-refractivity contribution in [2.75, 3.05) is 33.4 Å². The monoisotopic (exact) mass is 272 g/mol. The minimum Gasteiger partial charge on any atom is -0.467 e. The number of nitrogens with one attached hydrogen (secondary N) is 1. The molecule has 1 fully saturated rings. The molecule has 0 aromatic carbocycles. The number of aliphatic hydroxyl groups is 1. The zero-order chi connectivity index (χ0) is 14.3. The van der Waals surface area contributed by atoms with Crippen LogP contribution >= 0.6 is 0 Å². The van der Waals surface area contributed by atoms with E-state index >= 15 is 0 Å². The van der Waals surface area contributed by atoms with Crippen LogP contribution in [0.2, 0.25) is 0 Å². The van der Waals surface area contributed by atoms with E-state index in [0.29, 0.717) is 12.5 Å². The fraction of sp³-hybridized carbons (Fsp3) is 0.846. The molecule has 6 heteroatoms. The van der Waals surface area contributed by atoms with Gasteiger partial charge in [-0.2, -0.15) is 0 Å². The summed E-state index contributed by atoms with van der Waals surface area (Å²) in [5, 5.41) is 11.6. The number of hydrogen-bond acceptors (Lipinski definition) is 5. The number of aliphatic hydroxyl groups excluding tert-OH is 1. The minimum absolute atomic E-state index is 0.199. The van der Waals surface area contributed by atoms with E-state index < -0.39 is 12.0 Å². The van der Waals surface area contributed by atoms with Gasteiger partial charge in [0, 0.05) is 26.6 Å². The van der Waals surface area contributed by atoms with Crippen LogP contribution < -0.4 is 5.32 Å². The lowest BCUT2D eigenvalue weighted by Crippen LogP contribution is -2.50. The van der Waals surface area contributed by atoms with E-state index in [-0.39, 0.29) is 12.5 Å². The maximum atomic E-state index is 11.6. The Kier molecular flexibility index (Phi) is 6.80. The molecular formula is C13H24N2O4. The van der Waals surface area contributed by atoms with Crippen molar-refractivity contribution in [2.24, 2.45) is 5.92 Å². The molecule has 2 N–H and O–H groups in total. The quantitative estimate of drug-likeness (QED) is 0.652. The van der Waals surface area contributed by atoms with Crippen LogP contribution in [0.15, 0.2) is 0 Å². The van der Waals surface area contributed by atoms with Gasteiger partial charge in [0.1, 0.15) is 6.04 Å². The first kappa shape index (κ1) is 15.9. The standard InChI is InChI=1S/C13H24N2O4/c1-10(17)14-12(13(18)19-2)9-15-6-3-4-11(8-15)5-7-16/h11-12,16H,3-9H2,1-2H3,(H,14,17). The van der Waals surface area contributed by atoms with Crippen LogP contribution in [-0.4, -0.2) is 61.3 Å². The van der Waals surface area contributed by atoms with Crippen molar-refractivity contribution in [1.29, 1.82) is 0 Å². The molecule has 0 aliphatic carbocycles. The summed E-state index contributed by atoms with van der Waals surface area (Å²) < 4.78 is 4.71. The van der Waals surface area contributed by atoms with Gasteiger partial charge in [-0.25, -0.2) is 4.79 Å². The zero-order valence-corrected chi connectivity index (χ0v) is 11.7. The summed E-state index contributed by atoms with van der Waals surface area (Å²) >= 11 is 0. The third-order valence-corrected chi connectivity index (χ3v) is 3.44. The van der Waals surface area contributed by atoms with Crippen LogP contribution in [0.3, 0.4) is 0 Å². The summed E-state index contributed by atoms with van der Waals surface area (Å²) in [4.78, 5) is 24.9. The van der Waals surface area contributed by atoms with Crippen LogP contribution in [0.25, 0.3) is 0 Å². The first-order valence-electron chi connectivity index (χ1n) is 6.75. The topological polar surface area (TPSA) is 78.9 Å². The van der Waals surface area contributed by atoms with Crippen molar-refractivity contribution in [3.8, 4) is 0 Å². The Balaban J connectivity index is 2.52. The molecule has 6 nitrogen and oxygen atoms in total. The molecular weight excluding hydrogens is 248 g/mol. The molecule has 0 aromatic heterocycles. The molecule has 1 aliphatic heterocycles. The molecule has 1 saturated heterocycles. The van der Waals surface area contributed by atoms with Crippen molar-refractivity contribution in [2.45, 2.75) is 32.2 Å². The van der Waals surface area contributed by atoms with Crippen molar-refractivity contribution in [1.82, 2.24) is 10.2 Å². The van der Waals surface area contributed by atoms with Gasteiger partial charge in [-0.15, -0.1) is 0 Å². The van der Waals surface area contributed by atoms with Crippen molar-refractivity contribution < 1.29 is 19.4 Å². The van der Waals surface area contributed by atoms with Crippen LogP contribution in [0.1, 0.15) is 26.2 Å². The van der Waals surface area contributed by atoms with Crippen LogP contribution in [0.4, 0.5) is 0 Å².